The molecule has 2 N–H and O–H groups in total. The van der Waals surface area contributed by atoms with Crippen LogP contribution in [0.15, 0.2) is 40.1 Å². The highest BCUT2D eigenvalue weighted by Crippen LogP contribution is 2.23. The Morgan fingerprint density at radius 3 is 2.61 bits per heavy atom. The lowest BCUT2D eigenvalue weighted by atomic mass is 10.0. The van der Waals surface area contributed by atoms with E-state index >= 15 is 0 Å². The van der Waals surface area contributed by atoms with E-state index < -0.39 is 5.97 Å². The van der Waals surface area contributed by atoms with E-state index in [1.807, 2.05) is 19.9 Å². The standard InChI is InChI=1S/C23H26N6O4/c1-4-9-28-20-18(21(30)29(10-5-2)23(28)32)25-19(26-20)16-13-24-27-17(16)12-14-7-6-8-15(11-14)22(31)33-3/h6-8,11,13H,4-5,9-10,12H2,1-3H3,(H,24,27)(H,25,26). The van der Waals surface area contributed by atoms with Crippen LogP contribution in [-0.2, 0) is 24.2 Å². The molecule has 0 saturated heterocycles. The number of nitrogens with one attached hydrogen (secondary N) is 2. The van der Waals surface area contributed by atoms with Gasteiger partial charge in [-0.15, -0.1) is 0 Å². The van der Waals surface area contributed by atoms with Crippen LogP contribution in [0, 0.1) is 0 Å². The van der Waals surface area contributed by atoms with Gasteiger partial charge in [0.05, 0.1) is 23.9 Å². The van der Waals surface area contributed by atoms with Gasteiger partial charge < -0.3 is 9.72 Å². The highest BCUT2D eigenvalue weighted by Gasteiger charge is 2.20. The number of aromatic nitrogens is 6. The number of ether oxygens (including phenoxy) is 1. The van der Waals surface area contributed by atoms with Crippen molar-refractivity contribution in [3.05, 3.63) is 68.1 Å². The van der Waals surface area contributed by atoms with Crippen molar-refractivity contribution >= 4 is 17.1 Å². The number of carbonyl (C=O) groups excluding carboxylic acids is 1. The zero-order valence-corrected chi connectivity index (χ0v) is 18.8. The Hall–Kier alpha value is -3.95. The molecular formula is C23H26N6O4. The summed E-state index contributed by atoms with van der Waals surface area (Å²) < 4.78 is 7.60. The topological polar surface area (TPSA) is 128 Å². The molecule has 33 heavy (non-hydrogen) atoms. The molecule has 3 aromatic heterocycles. The molecule has 0 saturated carbocycles. The molecule has 4 rings (SSSR count). The molecule has 4 aromatic rings. The average Bonchev–Trinajstić information content (AvgIpc) is 3.46. The van der Waals surface area contributed by atoms with Gasteiger partial charge >= 0.3 is 11.7 Å². The molecule has 0 spiro atoms. The SMILES string of the molecule is CCCn1c(=O)c2[nH]c(-c3c[nH]nc3Cc3cccc(C(=O)OC)c3)nc2n(CCC)c1=O. The quantitative estimate of drug-likeness (QED) is 0.397. The molecule has 0 unspecified atom stereocenters. The number of imidazole rings is 1. The molecule has 10 nitrogen and oxygen atoms in total. The van der Waals surface area contributed by atoms with Crippen molar-refractivity contribution in [3.8, 4) is 11.4 Å². The van der Waals surface area contributed by atoms with Gasteiger partial charge in [-0.1, -0.05) is 26.0 Å². The summed E-state index contributed by atoms with van der Waals surface area (Å²) in [5.74, 6) is 0.0436. The third-order valence-electron chi connectivity index (χ3n) is 5.45. The fourth-order valence-corrected chi connectivity index (χ4v) is 3.92. The van der Waals surface area contributed by atoms with Crippen LogP contribution < -0.4 is 11.2 Å². The van der Waals surface area contributed by atoms with Crippen LogP contribution >= 0.6 is 0 Å². The van der Waals surface area contributed by atoms with Gasteiger partial charge in [0.2, 0.25) is 0 Å². The number of fused-ring (bicyclic) bond motifs is 1. The largest absolute Gasteiger partial charge is 0.465 e. The molecule has 10 heteroatoms. The van der Waals surface area contributed by atoms with Gasteiger partial charge in [0.25, 0.3) is 5.56 Å². The molecule has 0 aliphatic heterocycles. The molecule has 0 aliphatic rings. The number of esters is 1. The van der Waals surface area contributed by atoms with Crippen LogP contribution in [0.5, 0.6) is 0 Å². The first kappa shape index (κ1) is 22.3. The fourth-order valence-electron chi connectivity index (χ4n) is 3.92. The predicted octanol–water partition coefficient (Wildman–Crippen LogP) is 2.47. The number of methoxy groups -OCH3 is 1. The van der Waals surface area contributed by atoms with Crippen molar-refractivity contribution in [2.45, 2.75) is 46.2 Å². The van der Waals surface area contributed by atoms with Gasteiger partial charge in [-0.05, 0) is 30.5 Å². The fraction of sp³-hybridized carbons (Fsp3) is 0.348. The molecule has 0 aliphatic carbocycles. The zero-order chi connectivity index (χ0) is 23.5. The van der Waals surface area contributed by atoms with Gasteiger partial charge in [0.1, 0.15) is 11.3 Å². The highest BCUT2D eigenvalue weighted by atomic mass is 16.5. The zero-order valence-electron chi connectivity index (χ0n) is 18.8. The summed E-state index contributed by atoms with van der Waals surface area (Å²) in [4.78, 5) is 45.5. The number of carbonyl (C=O) groups is 1. The monoisotopic (exact) mass is 450 g/mol. The summed E-state index contributed by atoms with van der Waals surface area (Å²) in [6, 6.07) is 7.13. The Morgan fingerprint density at radius 2 is 1.88 bits per heavy atom. The van der Waals surface area contributed by atoms with E-state index in [0.717, 1.165) is 12.0 Å². The average molecular weight is 450 g/mol. The summed E-state index contributed by atoms with van der Waals surface area (Å²) in [5, 5.41) is 7.20. The maximum absolute atomic E-state index is 13.0. The lowest BCUT2D eigenvalue weighted by Crippen LogP contribution is -2.40. The number of aromatic amines is 2. The number of benzene rings is 1. The summed E-state index contributed by atoms with van der Waals surface area (Å²) >= 11 is 0. The smallest absolute Gasteiger partial charge is 0.337 e. The van der Waals surface area contributed by atoms with Crippen LogP contribution in [0.1, 0.15) is 48.3 Å². The van der Waals surface area contributed by atoms with Crippen LogP contribution in [-0.4, -0.2) is 42.4 Å². The molecule has 3 heterocycles. The van der Waals surface area contributed by atoms with E-state index in [1.165, 1.54) is 11.7 Å². The summed E-state index contributed by atoms with van der Waals surface area (Å²) in [5.41, 5.74) is 2.62. The van der Waals surface area contributed by atoms with Gasteiger partial charge in [0.15, 0.2) is 5.65 Å². The van der Waals surface area contributed by atoms with E-state index in [9.17, 15) is 14.4 Å². The Morgan fingerprint density at radius 1 is 1.12 bits per heavy atom. The van der Waals surface area contributed by atoms with E-state index in [1.54, 1.807) is 29.0 Å². The van der Waals surface area contributed by atoms with E-state index in [2.05, 4.69) is 20.2 Å². The first-order valence-corrected chi connectivity index (χ1v) is 10.9. The van der Waals surface area contributed by atoms with Crippen molar-refractivity contribution in [2.75, 3.05) is 7.11 Å². The lowest BCUT2D eigenvalue weighted by Gasteiger charge is -2.09. The molecule has 0 atom stereocenters. The summed E-state index contributed by atoms with van der Waals surface area (Å²) in [6.07, 6.45) is 3.53. The molecule has 0 fully saturated rings. The highest BCUT2D eigenvalue weighted by molar-refractivity contribution is 5.89. The Bertz CT molecular complexity index is 1420. The van der Waals surface area contributed by atoms with Crippen molar-refractivity contribution in [1.29, 1.82) is 0 Å². The molecule has 172 valence electrons. The van der Waals surface area contributed by atoms with Crippen LogP contribution in [0.3, 0.4) is 0 Å². The minimum absolute atomic E-state index is 0.298. The van der Waals surface area contributed by atoms with Crippen LogP contribution in [0.2, 0.25) is 0 Å². The number of H-pyrrole nitrogens is 2. The summed E-state index contributed by atoms with van der Waals surface area (Å²) in [6.45, 7) is 4.70. The predicted molar refractivity (Wildman–Crippen MR) is 123 cm³/mol. The maximum atomic E-state index is 13.0. The van der Waals surface area contributed by atoms with E-state index in [0.29, 0.717) is 59.7 Å². The first-order chi connectivity index (χ1) is 16.0. The third-order valence-corrected chi connectivity index (χ3v) is 5.45. The third kappa shape index (κ3) is 4.11. The number of rotatable bonds is 8. The van der Waals surface area contributed by atoms with Gasteiger partial charge in [-0.2, -0.15) is 5.10 Å². The number of aryl methyl sites for hydroxylation is 1. The minimum Gasteiger partial charge on any atom is -0.465 e. The maximum Gasteiger partial charge on any atom is 0.337 e. The van der Waals surface area contributed by atoms with Crippen LogP contribution in [0.4, 0.5) is 0 Å². The van der Waals surface area contributed by atoms with Crippen molar-refractivity contribution in [2.24, 2.45) is 0 Å². The van der Waals surface area contributed by atoms with E-state index in [4.69, 9.17) is 4.74 Å². The number of nitrogens with zero attached hydrogens (tertiary/aromatic N) is 4. The number of hydrogen-bond donors (Lipinski definition) is 2. The van der Waals surface area contributed by atoms with Gasteiger partial charge in [-0.3, -0.25) is 19.0 Å². The molecule has 1 aromatic carbocycles. The molecule has 0 radical (unpaired) electrons. The molecule has 0 bridgehead atoms. The van der Waals surface area contributed by atoms with Gasteiger partial charge in [-0.25, -0.2) is 14.6 Å². The lowest BCUT2D eigenvalue weighted by molar-refractivity contribution is 0.0600. The van der Waals surface area contributed by atoms with Crippen molar-refractivity contribution < 1.29 is 9.53 Å². The second-order valence-corrected chi connectivity index (χ2v) is 7.79. The Balaban J connectivity index is 1.79. The molecular weight excluding hydrogens is 424 g/mol. The normalized spacial score (nSPS) is 11.2. The Kier molecular flexibility index (Phi) is 6.25. The molecule has 0 amide bonds. The second-order valence-electron chi connectivity index (χ2n) is 7.79. The van der Waals surface area contributed by atoms with Crippen molar-refractivity contribution in [1.82, 2.24) is 29.3 Å². The van der Waals surface area contributed by atoms with Crippen molar-refractivity contribution in [3.63, 3.8) is 0 Å². The van der Waals surface area contributed by atoms with Gasteiger partial charge in [0, 0.05) is 25.7 Å². The first-order valence-electron chi connectivity index (χ1n) is 10.9. The van der Waals surface area contributed by atoms with Crippen LogP contribution in [0.25, 0.3) is 22.6 Å². The van der Waals surface area contributed by atoms with E-state index in [-0.39, 0.29) is 11.2 Å². The Labute approximate surface area is 189 Å². The minimum atomic E-state index is -0.409. The second kappa shape index (κ2) is 9.27. The summed E-state index contributed by atoms with van der Waals surface area (Å²) in [7, 11) is 1.34. The number of hydrogen-bond acceptors (Lipinski definition) is 6.